The molecule has 0 N–H and O–H groups in total. The Kier molecular flexibility index (Phi) is 6.38. The van der Waals surface area contributed by atoms with Crippen molar-refractivity contribution in [1.29, 1.82) is 0 Å². The monoisotopic (exact) mass is 325 g/mol. The Morgan fingerprint density at radius 2 is 1.46 bits per heavy atom. The second-order valence-electron chi connectivity index (χ2n) is 6.46. The van der Waals surface area contributed by atoms with Gasteiger partial charge in [-0.1, -0.05) is 30.3 Å². The number of nitrogens with zero attached hydrogens (tertiary/aromatic N) is 3. The SMILES string of the molecule is CN(C)CCN(Cc1ccccc1)C(=O)c1ccc(N(C)C)cc1. The molecule has 0 aliphatic carbocycles. The van der Waals surface area contributed by atoms with E-state index < -0.39 is 0 Å². The van der Waals surface area contributed by atoms with E-state index >= 15 is 0 Å². The topological polar surface area (TPSA) is 26.8 Å². The van der Waals surface area contributed by atoms with Gasteiger partial charge in [0.05, 0.1) is 0 Å². The average molecular weight is 325 g/mol. The summed E-state index contributed by atoms with van der Waals surface area (Å²) < 4.78 is 0. The molecule has 0 atom stereocenters. The Balaban J connectivity index is 2.16. The fraction of sp³-hybridized carbons (Fsp3) is 0.350. The van der Waals surface area contributed by atoms with Gasteiger partial charge in [0.25, 0.3) is 5.91 Å². The Bertz CT molecular complexity index is 636. The molecule has 0 aromatic heterocycles. The smallest absolute Gasteiger partial charge is 0.254 e. The minimum absolute atomic E-state index is 0.0750. The summed E-state index contributed by atoms with van der Waals surface area (Å²) in [6, 6.07) is 17.9. The fourth-order valence-electron chi connectivity index (χ4n) is 2.46. The van der Waals surface area contributed by atoms with Gasteiger partial charge < -0.3 is 14.7 Å². The molecule has 0 unspecified atom stereocenters. The summed E-state index contributed by atoms with van der Waals surface area (Å²) >= 11 is 0. The first kappa shape index (κ1) is 18.0. The number of hydrogen-bond acceptors (Lipinski definition) is 3. The Morgan fingerprint density at radius 3 is 2.00 bits per heavy atom. The first-order valence-electron chi connectivity index (χ1n) is 8.22. The summed E-state index contributed by atoms with van der Waals surface area (Å²) in [6.45, 7) is 2.17. The molecule has 4 nitrogen and oxygen atoms in total. The molecule has 0 radical (unpaired) electrons. The second kappa shape index (κ2) is 8.50. The lowest BCUT2D eigenvalue weighted by molar-refractivity contribution is 0.0732. The van der Waals surface area contributed by atoms with E-state index in [-0.39, 0.29) is 5.91 Å². The van der Waals surface area contributed by atoms with Gasteiger partial charge in [0.15, 0.2) is 0 Å². The van der Waals surface area contributed by atoms with Crippen LogP contribution < -0.4 is 4.90 Å². The molecule has 24 heavy (non-hydrogen) atoms. The van der Waals surface area contributed by atoms with Crippen molar-refractivity contribution in [2.24, 2.45) is 0 Å². The maximum absolute atomic E-state index is 12.9. The van der Waals surface area contributed by atoms with Gasteiger partial charge in [-0.05, 0) is 43.9 Å². The van der Waals surface area contributed by atoms with Crippen LogP contribution in [0.4, 0.5) is 5.69 Å². The van der Waals surface area contributed by atoms with E-state index in [1.54, 1.807) is 0 Å². The van der Waals surface area contributed by atoms with E-state index in [0.29, 0.717) is 13.1 Å². The van der Waals surface area contributed by atoms with Crippen LogP contribution in [-0.2, 0) is 6.54 Å². The highest BCUT2D eigenvalue weighted by Gasteiger charge is 2.16. The van der Waals surface area contributed by atoms with Crippen molar-refractivity contribution in [2.45, 2.75) is 6.54 Å². The Hall–Kier alpha value is -2.33. The number of carbonyl (C=O) groups is 1. The lowest BCUT2D eigenvalue weighted by atomic mass is 10.1. The number of likely N-dealkylation sites (N-methyl/N-ethyl adjacent to an activating group) is 1. The number of benzene rings is 2. The highest BCUT2D eigenvalue weighted by molar-refractivity contribution is 5.94. The molecule has 0 fully saturated rings. The molecule has 4 heteroatoms. The standard InChI is InChI=1S/C20H27N3O/c1-21(2)14-15-23(16-17-8-6-5-7-9-17)20(24)18-10-12-19(13-11-18)22(3)4/h5-13H,14-16H2,1-4H3. The third-order valence-corrected chi connectivity index (χ3v) is 3.95. The molecule has 0 aliphatic heterocycles. The first-order valence-corrected chi connectivity index (χ1v) is 8.22. The van der Waals surface area contributed by atoms with Crippen LogP contribution in [0.3, 0.4) is 0 Å². The fourth-order valence-corrected chi connectivity index (χ4v) is 2.46. The molecule has 0 spiro atoms. The lowest BCUT2D eigenvalue weighted by Gasteiger charge is -2.25. The number of hydrogen-bond donors (Lipinski definition) is 0. The molecule has 0 saturated heterocycles. The van der Waals surface area contributed by atoms with E-state index in [9.17, 15) is 4.79 Å². The van der Waals surface area contributed by atoms with Gasteiger partial charge in [0.2, 0.25) is 0 Å². The third-order valence-electron chi connectivity index (χ3n) is 3.95. The molecule has 1 amide bonds. The molecule has 0 aliphatic rings. The summed E-state index contributed by atoms with van der Waals surface area (Å²) in [5, 5.41) is 0. The predicted molar refractivity (Wildman–Crippen MR) is 101 cm³/mol. The average Bonchev–Trinajstić information content (AvgIpc) is 2.58. The summed E-state index contributed by atoms with van der Waals surface area (Å²) in [5.41, 5.74) is 2.97. The van der Waals surface area contributed by atoms with Crippen molar-refractivity contribution >= 4 is 11.6 Å². The van der Waals surface area contributed by atoms with Gasteiger partial charge in [-0.2, -0.15) is 0 Å². The predicted octanol–water partition coefficient (Wildman–Crippen LogP) is 2.96. The minimum Gasteiger partial charge on any atom is -0.378 e. The highest BCUT2D eigenvalue weighted by atomic mass is 16.2. The first-order chi connectivity index (χ1) is 11.5. The van der Waals surface area contributed by atoms with E-state index in [2.05, 4.69) is 17.0 Å². The zero-order chi connectivity index (χ0) is 17.5. The maximum Gasteiger partial charge on any atom is 0.254 e. The van der Waals surface area contributed by atoms with Gasteiger partial charge >= 0.3 is 0 Å². The molecule has 128 valence electrons. The van der Waals surface area contributed by atoms with Crippen molar-refractivity contribution in [3.8, 4) is 0 Å². The molecule has 2 aromatic rings. The third kappa shape index (κ3) is 5.10. The largest absolute Gasteiger partial charge is 0.378 e. The van der Waals surface area contributed by atoms with Crippen LogP contribution in [0, 0.1) is 0 Å². The van der Waals surface area contributed by atoms with Crippen LogP contribution in [0.5, 0.6) is 0 Å². The maximum atomic E-state index is 12.9. The van der Waals surface area contributed by atoms with Crippen LogP contribution >= 0.6 is 0 Å². The van der Waals surface area contributed by atoms with Crippen molar-refractivity contribution in [3.63, 3.8) is 0 Å². The number of anilines is 1. The molecule has 0 saturated carbocycles. The van der Waals surface area contributed by atoms with Crippen molar-refractivity contribution < 1.29 is 4.79 Å². The van der Waals surface area contributed by atoms with Gasteiger partial charge in [-0.25, -0.2) is 0 Å². The Morgan fingerprint density at radius 1 is 0.833 bits per heavy atom. The molecule has 2 aromatic carbocycles. The summed E-state index contributed by atoms with van der Waals surface area (Å²) in [7, 11) is 8.04. The van der Waals surface area contributed by atoms with Crippen molar-refractivity contribution in [3.05, 3.63) is 65.7 Å². The van der Waals surface area contributed by atoms with E-state index in [1.165, 1.54) is 0 Å². The van der Waals surface area contributed by atoms with Crippen molar-refractivity contribution in [1.82, 2.24) is 9.80 Å². The van der Waals surface area contributed by atoms with Gasteiger partial charge in [0.1, 0.15) is 0 Å². The van der Waals surface area contributed by atoms with E-state index in [0.717, 1.165) is 23.4 Å². The highest BCUT2D eigenvalue weighted by Crippen LogP contribution is 2.15. The van der Waals surface area contributed by atoms with Crippen LogP contribution in [-0.4, -0.2) is 57.0 Å². The summed E-state index contributed by atoms with van der Waals surface area (Å²) in [5.74, 6) is 0.0750. The number of amides is 1. The molecular formula is C20H27N3O. The van der Waals surface area contributed by atoms with E-state index in [1.807, 2.05) is 80.5 Å². The van der Waals surface area contributed by atoms with Crippen LogP contribution in [0.2, 0.25) is 0 Å². The number of rotatable bonds is 7. The lowest BCUT2D eigenvalue weighted by Crippen LogP contribution is -2.36. The van der Waals surface area contributed by atoms with E-state index in [4.69, 9.17) is 0 Å². The normalized spacial score (nSPS) is 10.7. The summed E-state index contributed by atoms with van der Waals surface area (Å²) in [6.07, 6.45) is 0. The quantitative estimate of drug-likeness (QED) is 0.783. The Labute approximate surface area is 145 Å². The van der Waals surface area contributed by atoms with Crippen molar-refractivity contribution in [2.75, 3.05) is 46.2 Å². The summed E-state index contributed by atoms with van der Waals surface area (Å²) in [4.78, 5) is 19.0. The zero-order valence-electron chi connectivity index (χ0n) is 15.1. The molecule has 0 heterocycles. The van der Waals surface area contributed by atoms with Gasteiger partial charge in [-0.15, -0.1) is 0 Å². The molecule has 0 bridgehead atoms. The number of carbonyl (C=O) groups excluding carboxylic acids is 1. The van der Waals surface area contributed by atoms with Crippen LogP contribution in [0.25, 0.3) is 0 Å². The molecular weight excluding hydrogens is 298 g/mol. The minimum atomic E-state index is 0.0750. The van der Waals surface area contributed by atoms with Crippen LogP contribution in [0.1, 0.15) is 15.9 Å². The molecule has 2 rings (SSSR count). The second-order valence-corrected chi connectivity index (χ2v) is 6.46. The van der Waals surface area contributed by atoms with Gasteiger partial charge in [0, 0.05) is 45.0 Å². The zero-order valence-corrected chi connectivity index (χ0v) is 15.1. The van der Waals surface area contributed by atoms with Gasteiger partial charge in [-0.3, -0.25) is 4.79 Å². The van der Waals surface area contributed by atoms with Crippen LogP contribution in [0.15, 0.2) is 54.6 Å².